The maximum absolute atomic E-state index is 11.8. The Balaban J connectivity index is 2.78. The van der Waals surface area contributed by atoms with E-state index < -0.39 is 12.0 Å². The zero-order valence-corrected chi connectivity index (χ0v) is 9.03. The highest BCUT2D eigenvalue weighted by Crippen LogP contribution is 2.17. The molecule has 1 rings (SSSR count). The first-order valence-corrected chi connectivity index (χ1v) is 5.25. The Kier molecular flexibility index (Phi) is 3.88. The molecule has 4 nitrogen and oxygen atoms in total. The van der Waals surface area contributed by atoms with E-state index in [1.54, 1.807) is 0 Å². The van der Waals surface area contributed by atoms with Crippen molar-refractivity contribution in [3.63, 3.8) is 0 Å². The van der Waals surface area contributed by atoms with Gasteiger partial charge in [0.1, 0.15) is 6.04 Å². The Hall–Kier alpha value is -1.32. The largest absolute Gasteiger partial charge is 0.480 e. The molecular weight excluding hydrogens is 194 g/mol. The van der Waals surface area contributed by atoms with Gasteiger partial charge in [0, 0.05) is 12.1 Å². The highest BCUT2D eigenvalue weighted by molar-refractivity contribution is 5.95. The first-order chi connectivity index (χ1) is 7.04. The Morgan fingerprint density at radius 2 is 2.13 bits per heavy atom. The summed E-state index contributed by atoms with van der Waals surface area (Å²) in [5.74, 6) is -1.17. The second-order valence-electron chi connectivity index (χ2n) is 3.93. The van der Waals surface area contributed by atoms with Crippen molar-refractivity contribution >= 4 is 11.9 Å². The number of nitrogens with zero attached hydrogens (tertiary/aromatic N) is 1. The van der Waals surface area contributed by atoms with Crippen LogP contribution in [-0.4, -0.2) is 34.5 Å². The van der Waals surface area contributed by atoms with Crippen molar-refractivity contribution in [2.45, 2.75) is 38.6 Å². The topological polar surface area (TPSA) is 57.6 Å². The van der Waals surface area contributed by atoms with Crippen molar-refractivity contribution in [3.05, 3.63) is 12.2 Å². The van der Waals surface area contributed by atoms with Gasteiger partial charge in [-0.2, -0.15) is 0 Å². The van der Waals surface area contributed by atoms with Crippen LogP contribution in [0.5, 0.6) is 0 Å². The molecule has 0 bridgehead atoms. The molecule has 1 aliphatic heterocycles. The number of carbonyl (C=O) groups is 2. The lowest BCUT2D eigenvalue weighted by Gasteiger charge is -2.29. The molecule has 0 spiro atoms. The molecule has 1 unspecified atom stereocenters. The van der Waals surface area contributed by atoms with Crippen molar-refractivity contribution in [2.75, 3.05) is 6.54 Å². The number of carbonyl (C=O) groups excluding carboxylic acids is 1. The summed E-state index contributed by atoms with van der Waals surface area (Å²) in [5.41, 5.74) is 0.530. The summed E-state index contributed by atoms with van der Waals surface area (Å²) >= 11 is 0. The van der Waals surface area contributed by atoms with Gasteiger partial charge in [-0.1, -0.05) is 13.0 Å². The number of hydrogen-bond donors (Lipinski definition) is 1. The van der Waals surface area contributed by atoms with Gasteiger partial charge >= 0.3 is 5.97 Å². The Labute approximate surface area is 89.6 Å². The third-order valence-corrected chi connectivity index (χ3v) is 2.77. The van der Waals surface area contributed by atoms with Crippen LogP contribution in [0.1, 0.15) is 32.6 Å². The van der Waals surface area contributed by atoms with Crippen molar-refractivity contribution in [1.29, 1.82) is 0 Å². The maximum Gasteiger partial charge on any atom is 0.326 e. The fourth-order valence-corrected chi connectivity index (χ4v) is 1.71. The molecule has 15 heavy (non-hydrogen) atoms. The molecule has 0 saturated carbocycles. The SMILES string of the molecule is C=C1CCCCCN(C(C)C(=O)O)C1=O. The van der Waals surface area contributed by atoms with Gasteiger partial charge in [-0.25, -0.2) is 4.79 Å². The molecule has 0 aromatic heterocycles. The average molecular weight is 211 g/mol. The van der Waals surface area contributed by atoms with E-state index in [4.69, 9.17) is 5.11 Å². The number of carboxylic acids is 1. The third-order valence-electron chi connectivity index (χ3n) is 2.77. The monoisotopic (exact) mass is 211 g/mol. The number of aliphatic carboxylic acids is 1. The number of carboxylic acid groups (broad SMARTS) is 1. The quantitative estimate of drug-likeness (QED) is 0.703. The van der Waals surface area contributed by atoms with E-state index in [-0.39, 0.29) is 5.91 Å². The van der Waals surface area contributed by atoms with Crippen LogP contribution >= 0.6 is 0 Å². The van der Waals surface area contributed by atoms with Crippen LogP contribution in [0.4, 0.5) is 0 Å². The lowest BCUT2D eigenvalue weighted by molar-refractivity contribution is -0.148. The van der Waals surface area contributed by atoms with Crippen molar-refractivity contribution in [3.8, 4) is 0 Å². The van der Waals surface area contributed by atoms with Crippen molar-refractivity contribution in [2.24, 2.45) is 0 Å². The molecule has 0 aliphatic carbocycles. The predicted octanol–water partition coefficient (Wildman–Crippen LogP) is 1.42. The first-order valence-electron chi connectivity index (χ1n) is 5.25. The minimum atomic E-state index is -0.961. The molecule has 1 atom stereocenters. The zero-order chi connectivity index (χ0) is 11.4. The van der Waals surface area contributed by atoms with E-state index in [1.807, 2.05) is 0 Å². The van der Waals surface area contributed by atoms with Crippen LogP contribution in [0.15, 0.2) is 12.2 Å². The summed E-state index contributed by atoms with van der Waals surface area (Å²) in [7, 11) is 0. The second kappa shape index (κ2) is 4.96. The van der Waals surface area contributed by atoms with Crippen LogP contribution in [0, 0.1) is 0 Å². The summed E-state index contributed by atoms with van der Waals surface area (Å²) in [6.45, 7) is 5.76. The van der Waals surface area contributed by atoms with Crippen LogP contribution in [-0.2, 0) is 9.59 Å². The minimum Gasteiger partial charge on any atom is -0.480 e. The molecular formula is C11H17NO3. The molecule has 1 saturated heterocycles. The number of rotatable bonds is 2. The lowest BCUT2D eigenvalue weighted by atomic mass is 10.0. The van der Waals surface area contributed by atoms with E-state index >= 15 is 0 Å². The molecule has 0 aromatic carbocycles. The smallest absolute Gasteiger partial charge is 0.326 e. The minimum absolute atomic E-state index is 0.204. The molecule has 1 amide bonds. The fourth-order valence-electron chi connectivity index (χ4n) is 1.71. The summed E-state index contributed by atoms with van der Waals surface area (Å²) in [4.78, 5) is 24.0. The summed E-state index contributed by atoms with van der Waals surface area (Å²) < 4.78 is 0. The zero-order valence-electron chi connectivity index (χ0n) is 9.03. The summed E-state index contributed by atoms with van der Waals surface area (Å²) in [6, 6.07) is -0.757. The number of amides is 1. The van der Waals surface area contributed by atoms with Gasteiger partial charge in [-0.3, -0.25) is 4.79 Å². The molecule has 1 N–H and O–H groups in total. The van der Waals surface area contributed by atoms with E-state index in [1.165, 1.54) is 11.8 Å². The van der Waals surface area contributed by atoms with Crippen LogP contribution in [0.3, 0.4) is 0 Å². The normalized spacial score (nSPS) is 20.7. The maximum atomic E-state index is 11.8. The molecule has 1 aliphatic rings. The Morgan fingerprint density at radius 3 is 2.73 bits per heavy atom. The lowest BCUT2D eigenvalue weighted by Crippen LogP contribution is -2.44. The van der Waals surface area contributed by atoms with E-state index in [2.05, 4.69) is 6.58 Å². The Morgan fingerprint density at radius 1 is 1.47 bits per heavy atom. The molecule has 1 heterocycles. The molecule has 0 radical (unpaired) electrons. The van der Waals surface area contributed by atoms with Gasteiger partial charge in [0.15, 0.2) is 0 Å². The van der Waals surface area contributed by atoms with Crippen molar-refractivity contribution < 1.29 is 14.7 Å². The molecule has 0 aromatic rings. The standard InChI is InChI=1S/C11H17NO3/c1-8-6-4-3-5-7-12(10(8)13)9(2)11(14)15/h9H,1,3-7H2,2H3,(H,14,15). The van der Waals surface area contributed by atoms with Gasteiger partial charge in [0.05, 0.1) is 0 Å². The molecule has 1 fully saturated rings. The van der Waals surface area contributed by atoms with Gasteiger partial charge < -0.3 is 10.0 Å². The number of hydrogen-bond acceptors (Lipinski definition) is 2. The van der Waals surface area contributed by atoms with Gasteiger partial charge in [0.25, 0.3) is 0 Å². The predicted molar refractivity (Wildman–Crippen MR) is 56.4 cm³/mol. The Bertz CT molecular complexity index is 286. The molecule has 84 valence electrons. The highest BCUT2D eigenvalue weighted by atomic mass is 16.4. The van der Waals surface area contributed by atoms with Crippen molar-refractivity contribution in [1.82, 2.24) is 4.90 Å². The van der Waals surface area contributed by atoms with Gasteiger partial charge in [-0.05, 0) is 26.2 Å². The summed E-state index contributed by atoms with van der Waals surface area (Å²) in [5, 5.41) is 8.88. The summed E-state index contributed by atoms with van der Waals surface area (Å²) in [6.07, 6.45) is 3.55. The van der Waals surface area contributed by atoms with Gasteiger partial charge in [-0.15, -0.1) is 0 Å². The average Bonchev–Trinajstić information content (AvgIpc) is 2.19. The van der Waals surface area contributed by atoms with E-state index in [9.17, 15) is 9.59 Å². The van der Waals surface area contributed by atoms with Crippen LogP contribution in [0.2, 0.25) is 0 Å². The third kappa shape index (κ3) is 2.81. The second-order valence-corrected chi connectivity index (χ2v) is 3.93. The number of likely N-dealkylation sites (tertiary alicyclic amines) is 1. The molecule has 4 heteroatoms. The highest BCUT2D eigenvalue weighted by Gasteiger charge is 2.27. The van der Waals surface area contributed by atoms with Crippen LogP contribution in [0.25, 0.3) is 0 Å². The van der Waals surface area contributed by atoms with E-state index in [0.29, 0.717) is 18.5 Å². The van der Waals surface area contributed by atoms with Gasteiger partial charge in [0.2, 0.25) is 5.91 Å². The van der Waals surface area contributed by atoms with E-state index in [0.717, 1.165) is 19.3 Å². The van der Waals surface area contributed by atoms with Crippen LogP contribution < -0.4 is 0 Å². The fraction of sp³-hybridized carbons (Fsp3) is 0.636. The first kappa shape index (κ1) is 11.8.